The van der Waals surface area contributed by atoms with Crippen LogP contribution >= 0.6 is 0 Å². The third-order valence-corrected chi connectivity index (χ3v) is 8.73. The van der Waals surface area contributed by atoms with E-state index >= 15 is 0 Å². The molecule has 7 rings (SSSR count). The zero-order valence-electron chi connectivity index (χ0n) is 23.3. The Bertz CT molecular complexity index is 1610. The number of anilines is 1. The van der Waals surface area contributed by atoms with Crippen molar-refractivity contribution >= 4 is 29.1 Å². The third kappa shape index (κ3) is 4.87. The first-order chi connectivity index (χ1) is 20.1. The number of aryl methyl sites for hydroxylation is 2. The van der Waals surface area contributed by atoms with Crippen LogP contribution in [0.1, 0.15) is 68.5 Å². The molecule has 1 aliphatic heterocycles. The lowest BCUT2D eigenvalue weighted by Crippen LogP contribution is -2.49. The number of ether oxygens (including phenoxy) is 4. The van der Waals surface area contributed by atoms with Gasteiger partial charge in [0.05, 0.1) is 11.7 Å². The van der Waals surface area contributed by atoms with E-state index in [2.05, 4.69) is 20.9 Å². The summed E-state index contributed by atoms with van der Waals surface area (Å²) in [5, 5.41) is 0. The first-order valence-electron chi connectivity index (χ1n) is 13.8. The SMILES string of the molecule is C#C[C@]1(COC(=O)OCc2oc(=O)oc2C)O[C@@H](n2cnc3c(N)nc(C)nc32)C[C@@H]1OC(=O)C12CCC(CC1)CC2. The number of imidazole rings is 1. The van der Waals surface area contributed by atoms with E-state index in [1.54, 1.807) is 11.5 Å². The molecular weight excluding hydrogens is 550 g/mol. The predicted molar refractivity (Wildman–Crippen MR) is 142 cm³/mol. The van der Waals surface area contributed by atoms with Crippen LogP contribution in [0.5, 0.6) is 0 Å². The summed E-state index contributed by atoms with van der Waals surface area (Å²) in [4.78, 5) is 50.4. The zero-order valence-corrected chi connectivity index (χ0v) is 23.3. The fourth-order valence-electron chi connectivity index (χ4n) is 6.26. The molecule has 2 bridgehead atoms. The van der Waals surface area contributed by atoms with Crippen LogP contribution in [0.2, 0.25) is 0 Å². The van der Waals surface area contributed by atoms with Gasteiger partial charge in [-0.1, -0.05) is 5.92 Å². The van der Waals surface area contributed by atoms with Crippen molar-refractivity contribution in [1.82, 2.24) is 19.5 Å². The standard InChI is InChI=1S/C28H31N5O9/c1-4-28(13-38-25(35)37-12-18-15(2)39-26(36)40-18)19(41-24(34)27-8-5-17(6-9-27)7-10-27)11-20(42-28)33-14-30-21-22(29)31-16(3)32-23(21)33/h1,14,17,19-20H,5-13H2,2-3H3,(H2,29,31,32)/t17?,19-,20+,27?,28+/m0/s1. The van der Waals surface area contributed by atoms with E-state index in [9.17, 15) is 14.4 Å². The molecule has 3 aliphatic carbocycles. The van der Waals surface area contributed by atoms with Gasteiger partial charge in [0.1, 0.15) is 30.3 Å². The highest BCUT2D eigenvalue weighted by Crippen LogP contribution is 2.52. The van der Waals surface area contributed by atoms with Crippen molar-refractivity contribution in [1.29, 1.82) is 0 Å². The molecule has 0 amide bonds. The van der Waals surface area contributed by atoms with Crippen LogP contribution in [-0.2, 0) is 30.3 Å². The molecule has 4 heterocycles. The number of rotatable bonds is 7. The molecule has 3 aromatic heterocycles. The Morgan fingerprint density at radius 3 is 2.57 bits per heavy atom. The summed E-state index contributed by atoms with van der Waals surface area (Å²) in [6.45, 7) is 2.31. The Morgan fingerprint density at radius 2 is 1.90 bits per heavy atom. The van der Waals surface area contributed by atoms with Gasteiger partial charge in [-0.2, -0.15) is 0 Å². The summed E-state index contributed by atoms with van der Waals surface area (Å²) < 4.78 is 34.2. The lowest BCUT2D eigenvalue weighted by atomic mass is 9.61. The van der Waals surface area contributed by atoms with E-state index in [1.165, 1.54) is 13.3 Å². The summed E-state index contributed by atoms with van der Waals surface area (Å²) in [5.41, 5.74) is 4.65. The highest BCUT2D eigenvalue weighted by molar-refractivity contribution is 5.81. The molecule has 1 saturated heterocycles. The number of fused-ring (bicyclic) bond motifs is 4. The van der Waals surface area contributed by atoms with Crippen LogP contribution < -0.4 is 11.6 Å². The van der Waals surface area contributed by atoms with E-state index in [0.717, 1.165) is 38.5 Å². The molecule has 42 heavy (non-hydrogen) atoms. The molecule has 4 fully saturated rings. The average molecular weight is 582 g/mol. The maximum atomic E-state index is 13.7. The normalized spacial score (nSPS) is 28.5. The number of aromatic nitrogens is 4. The maximum absolute atomic E-state index is 13.7. The number of hydrogen-bond acceptors (Lipinski definition) is 13. The van der Waals surface area contributed by atoms with Crippen molar-refractivity contribution in [2.45, 2.75) is 83.3 Å². The quantitative estimate of drug-likeness (QED) is 0.317. The number of carbonyl (C=O) groups excluding carboxylic acids is 2. The molecule has 3 atom stereocenters. The molecule has 2 N–H and O–H groups in total. The average Bonchev–Trinajstić information content (AvgIpc) is 3.66. The van der Waals surface area contributed by atoms with E-state index in [4.69, 9.17) is 39.9 Å². The van der Waals surface area contributed by atoms with Crippen LogP contribution in [0.25, 0.3) is 11.2 Å². The number of nitrogens with two attached hydrogens (primary N) is 1. The summed E-state index contributed by atoms with van der Waals surface area (Å²) in [5.74, 6) is 2.87. The second kappa shape index (κ2) is 10.5. The Kier molecular flexibility index (Phi) is 6.92. The van der Waals surface area contributed by atoms with Crippen molar-refractivity contribution in [3.05, 3.63) is 34.3 Å². The smallest absolute Gasteiger partial charge is 0.457 e. The maximum Gasteiger partial charge on any atom is 0.519 e. The molecule has 4 aliphatic rings. The van der Waals surface area contributed by atoms with E-state index in [-0.39, 0.29) is 29.7 Å². The summed E-state index contributed by atoms with van der Waals surface area (Å²) >= 11 is 0. The van der Waals surface area contributed by atoms with Crippen molar-refractivity contribution in [2.75, 3.05) is 12.3 Å². The van der Waals surface area contributed by atoms with Gasteiger partial charge in [0.2, 0.25) is 5.60 Å². The van der Waals surface area contributed by atoms with E-state index in [0.29, 0.717) is 22.9 Å². The lowest BCUT2D eigenvalue weighted by Gasteiger charge is -2.45. The van der Waals surface area contributed by atoms with Crippen molar-refractivity contribution in [3.63, 3.8) is 0 Å². The fourth-order valence-corrected chi connectivity index (χ4v) is 6.26. The van der Waals surface area contributed by atoms with Crippen LogP contribution in [0.3, 0.4) is 0 Å². The van der Waals surface area contributed by atoms with Gasteiger partial charge in [0.25, 0.3) is 0 Å². The molecular formula is C28H31N5O9. The third-order valence-electron chi connectivity index (χ3n) is 8.73. The summed E-state index contributed by atoms with van der Waals surface area (Å²) in [6.07, 6.45) is 10.1. The minimum Gasteiger partial charge on any atom is -0.457 e. The zero-order chi connectivity index (χ0) is 29.6. The molecule has 0 aromatic carbocycles. The Labute approximate surface area is 239 Å². The largest absolute Gasteiger partial charge is 0.519 e. The predicted octanol–water partition coefficient (Wildman–Crippen LogP) is 3.10. The van der Waals surface area contributed by atoms with Gasteiger partial charge in [-0.15, -0.1) is 6.42 Å². The summed E-state index contributed by atoms with van der Waals surface area (Å²) in [6, 6.07) is 0. The number of hydrogen-bond donors (Lipinski definition) is 1. The van der Waals surface area contributed by atoms with Gasteiger partial charge in [0.15, 0.2) is 29.6 Å². The van der Waals surface area contributed by atoms with Gasteiger partial charge in [0, 0.05) is 6.42 Å². The summed E-state index contributed by atoms with van der Waals surface area (Å²) in [7, 11) is 0. The number of nitrogen functional groups attached to an aromatic ring is 1. The van der Waals surface area contributed by atoms with Crippen molar-refractivity contribution < 1.29 is 37.4 Å². The minimum atomic E-state index is -1.65. The van der Waals surface area contributed by atoms with E-state index < -0.39 is 48.5 Å². The minimum absolute atomic E-state index is 0.0394. The molecule has 3 saturated carbocycles. The highest BCUT2D eigenvalue weighted by Gasteiger charge is 2.55. The first kappa shape index (κ1) is 27.8. The first-order valence-corrected chi connectivity index (χ1v) is 13.8. The molecule has 0 spiro atoms. The number of nitrogens with zero attached hydrogens (tertiary/aromatic N) is 4. The molecule has 14 nitrogen and oxygen atoms in total. The Balaban J connectivity index is 1.24. The second-order valence-corrected chi connectivity index (χ2v) is 11.2. The fraction of sp³-hybridized carbons (Fsp3) is 0.571. The number of esters is 1. The van der Waals surface area contributed by atoms with Crippen molar-refractivity contribution in [2.24, 2.45) is 11.3 Å². The molecule has 14 heteroatoms. The van der Waals surface area contributed by atoms with Crippen LogP contribution in [0.4, 0.5) is 10.6 Å². The van der Waals surface area contributed by atoms with Crippen LogP contribution in [0, 0.1) is 37.5 Å². The van der Waals surface area contributed by atoms with Crippen LogP contribution in [-0.4, -0.2) is 50.0 Å². The molecule has 0 unspecified atom stereocenters. The van der Waals surface area contributed by atoms with Gasteiger partial charge in [-0.05, 0) is 58.3 Å². The lowest BCUT2D eigenvalue weighted by molar-refractivity contribution is -0.177. The monoisotopic (exact) mass is 581 g/mol. The Hall–Kier alpha value is -4.38. The van der Waals surface area contributed by atoms with Gasteiger partial charge >= 0.3 is 17.9 Å². The van der Waals surface area contributed by atoms with E-state index in [1.807, 2.05) is 0 Å². The number of terminal acetylenes is 1. The van der Waals surface area contributed by atoms with Crippen LogP contribution in [0.15, 0.2) is 20.0 Å². The van der Waals surface area contributed by atoms with Crippen molar-refractivity contribution in [3.8, 4) is 12.3 Å². The highest BCUT2D eigenvalue weighted by atomic mass is 16.7. The molecule has 222 valence electrons. The van der Waals surface area contributed by atoms with Gasteiger partial charge in [-0.3, -0.25) is 9.36 Å². The second-order valence-electron chi connectivity index (χ2n) is 11.2. The van der Waals surface area contributed by atoms with Gasteiger partial charge < -0.3 is 33.5 Å². The van der Waals surface area contributed by atoms with Gasteiger partial charge in [-0.25, -0.2) is 24.5 Å². The Morgan fingerprint density at radius 1 is 1.17 bits per heavy atom. The molecule has 0 radical (unpaired) electrons. The molecule has 3 aromatic rings. The number of carbonyl (C=O) groups is 2. The topological polar surface area (TPSA) is 184 Å².